The second-order valence-electron chi connectivity index (χ2n) is 3.81. The minimum absolute atomic E-state index is 0.232. The molecule has 0 aromatic heterocycles. The van der Waals surface area contributed by atoms with E-state index < -0.39 is 0 Å². The monoisotopic (exact) mass is 247 g/mol. The van der Waals surface area contributed by atoms with Gasteiger partial charge in [0, 0.05) is 11.3 Å². The summed E-state index contributed by atoms with van der Waals surface area (Å²) in [6.45, 7) is 0.232. The number of hydrogen-bond acceptors (Lipinski definition) is 3. The molecular weight excluding hydrogens is 233 g/mol. The van der Waals surface area contributed by atoms with E-state index in [0.717, 1.165) is 5.75 Å². The number of nitrogens with two attached hydrogens (primary N) is 1. The van der Waals surface area contributed by atoms with Gasteiger partial charge in [0.2, 0.25) is 0 Å². The zero-order valence-corrected chi connectivity index (χ0v) is 10.0. The van der Waals surface area contributed by atoms with E-state index in [-0.39, 0.29) is 12.4 Å². The first-order valence-corrected chi connectivity index (χ1v) is 5.50. The van der Waals surface area contributed by atoms with Gasteiger partial charge < -0.3 is 15.2 Å². The number of hydrogen-bond donors (Lipinski definition) is 1. The lowest BCUT2D eigenvalue weighted by Gasteiger charge is -2.09. The van der Waals surface area contributed by atoms with Gasteiger partial charge >= 0.3 is 0 Å². The predicted octanol–water partition coefficient (Wildman–Crippen LogP) is 3.00. The van der Waals surface area contributed by atoms with Crippen LogP contribution >= 0.6 is 0 Å². The van der Waals surface area contributed by atoms with Crippen molar-refractivity contribution in [2.45, 2.75) is 6.61 Å². The molecule has 2 aromatic rings. The van der Waals surface area contributed by atoms with Crippen molar-refractivity contribution in [1.82, 2.24) is 0 Å². The predicted molar refractivity (Wildman–Crippen MR) is 68.1 cm³/mol. The Hall–Kier alpha value is -2.23. The van der Waals surface area contributed by atoms with Crippen molar-refractivity contribution >= 4 is 5.69 Å². The molecule has 0 aliphatic carbocycles. The van der Waals surface area contributed by atoms with Crippen molar-refractivity contribution in [3.63, 3.8) is 0 Å². The van der Waals surface area contributed by atoms with Crippen LogP contribution in [0, 0.1) is 5.82 Å². The molecule has 0 spiro atoms. The van der Waals surface area contributed by atoms with E-state index in [0.29, 0.717) is 17.0 Å². The van der Waals surface area contributed by atoms with Crippen LogP contribution in [-0.2, 0) is 6.61 Å². The lowest BCUT2D eigenvalue weighted by molar-refractivity contribution is 0.305. The molecule has 4 heteroatoms. The normalized spacial score (nSPS) is 10.1. The molecule has 0 saturated carbocycles. The molecular formula is C14H14FNO2. The Labute approximate surface area is 105 Å². The Balaban J connectivity index is 2.04. The number of nitrogen functional groups attached to an aromatic ring is 1. The summed E-state index contributed by atoms with van der Waals surface area (Å²) in [5, 5.41) is 0. The molecule has 0 amide bonds. The van der Waals surface area contributed by atoms with Crippen LogP contribution in [0.5, 0.6) is 11.5 Å². The molecule has 2 N–H and O–H groups in total. The Morgan fingerprint density at radius 2 is 1.72 bits per heavy atom. The largest absolute Gasteiger partial charge is 0.497 e. The third-order valence-electron chi connectivity index (χ3n) is 2.56. The lowest BCUT2D eigenvalue weighted by Crippen LogP contribution is -2.00. The van der Waals surface area contributed by atoms with Gasteiger partial charge in [-0.2, -0.15) is 0 Å². The van der Waals surface area contributed by atoms with Crippen molar-refractivity contribution in [1.29, 1.82) is 0 Å². The molecule has 0 fully saturated rings. The molecule has 0 aliphatic heterocycles. The van der Waals surface area contributed by atoms with Crippen molar-refractivity contribution in [2.75, 3.05) is 12.8 Å². The highest BCUT2D eigenvalue weighted by molar-refractivity contribution is 5.46. The zero-order chi connectivity index (χ0) is 13.0. The first-order chi connectivity index (χ1) is 8.69. The first-order valence-electron chi connectivity index (χ1n) is 5.50. The molecule has 0 aliphatic rings. The average Bonchev–Trinajstić information content (AvgIpc) is 2.40. The SMILES string of the molecule is COc1ccc(OCc2cc(F)ccc2N)cc1. The Morgan fingerprint density at radius 3 is 2.39 bits per heavy atom. The summed E-state index contributed by atoms with van der Waals surface area (Å²) in [5.74, 6) is 1.12. The number of ether oxygens (including phenoxy) is 2. The van der Waals surface area contributed by atoms with E-state index in [2.05, 4.69) is 0 Å². The maximum absolute atomic E-state index is 13.0. The van der Waals surface area contributed by atoms with Gasteiger partial charge in [-0.25, -0.2) is 4.39 Å². The van der Waals surface area contributed by atoms with Crippen LogP contribution in [-0.4, -0.2) is 7.11 Å². The molecule has 0 atom stereocenters. The van der Waals surface area contributed by atoms with Gasteiger partial charge in [-0.1, -0.05) is 0 Å². The third-order valence-corrected chi connectivity index (χ3v) is 2.56. The number of anilines is 1. The highest BCUT2D eigenvalue weighted by atomic mass is 19.1. The highest BCUT2D eigenvalue weighted by Gasteiger charge is 2.02. The third kappa shape index (κ3) is 2.91. The number of methoxy groups -OCH3 is 1. The van der Waals surface area contributed by atoms with E-state index in [1.165, 1.54) is 18.2 Å². The van der Waals surface area contributed by atoms with Crippen LogP contribution in [0.1, 0.15) is 5.56 Å². The zero-order valence-electron chi connectivity index (χ0n) is 10.0. The van der Waals surface area contributed by atoms with E-state index in [4.69, 9.17) is 15.2 Å². The summed E-state index contributed by atoms with van der Waals surface area (Å²) in [6, 6.07) is 11.4. The summed E-state index contributed by atoms with van der Waals surface area (Å²) in [4.78, 5) is 0. The summed E-state index contributed by atoms with van der Waals surface area (Å²) in [7, 11) is 1.60. The molecule has 0 bridgehead atoms. The summed E-state index contributed by atoms with van der Waals surface area (Å²) in [6.07, 6.45) is 0. The number of rotatable bonds is 4. The van der Waals surface area contributed by atoms with Gasteiger partial charge in [0.25, 0.3) is 0 Å². The smallest absolute Gasteiger partial charge is 0.123 e. The molecule has 0 saturated heterocycles. The Morgan fingerprint density at radius 1 is 1.06 bits per heavy atom. The van der Waals surface area contributed by atoms with Gasteiger partial charge in [-0.15, -0.1) is 0 Å². The minimum atomic E-state index is -0.322. The van der Waals surface area contributed by atoms with Crippen molar-refractivity contribution in [3.05, 3.63) is 53.8 Å². The van der Waals surface area contributed by atoms with E-state index in [9.17, 15) is 4.39 Å². The van der Waals surface area contributed by atoms with Crippen LogP contribution in [0.25, 0.3) is 0 Å². The topological polar surface area (TPSA) is 44.5 Å². The van der Waals surface area contributed by atoms with Crippen LogP contribution < -0.4 is 15.2 Å². The van der Waals surface area contributed by atoms with E-state index >= 15 is 0 Å². The molecule has 0 unspecified atom stereocenters. The van der Waals surface area contributed by atoms with Crippen molar-refractivity contribution in [2.24, 2.45) is 0 Å². The van der Waals surface area contributed by atoms with E-state index in [1.54, 1.807) is 31.4 Å². The molecule has 94 valence electrons. The van der Waals surface area contributed by atoms with Crippen molar-refractivity contribution in [3.8, 4) is 11.5 Å². The summed E-state index contributed by atoms with van der Waals surface area (Å²) >= 11 is 0. The maximum atomic E-state index is 13.0. The van der Waals surface area contributed by atoms with E-state index in [1.807, 2.05) is 0 Å². The average molecular weight is 247 g/mol. The number of benzene rings is 2. The lowest BCUT2D eigenvalue weighted by atomic mass is 10.2. The Bertz CT molecular complexity index is 526. The second kappa shape index (κ2) is 5.40. The van der Waals surface area contributed by atoms with Crippen LogP contribution in [0.3, 0.4) is 0 Å². The molecule has 2 rings (SSSR count). The fraction of sp³-hybridized carbons (Fsp3) is 0.143. The maximum Gasteiger partial charge on any atom is 0.123 e. The standard InChI is InChI=1S/C14H14FNO2/c1-17-12-3-5-13(6-4-12)18-9-10-8-11(15)2-7-14(10)16/h2-8H,9,16H2,1H3. The Kier molecular flexibility index (Phi) is 3.67. The molecule has 2 aromatic carbocycles. The van der Waals surface area contributed by atoms with Gasteiger partial charge in [-0.3, -0.25) is 0 Å². The summed E-state index contributed by atoms with van der Waals surface area (Å²) in [5.41, 5.74) is 6.88. The highest BCUT2D eigenvalue weighted by Crippen LogP contribution is 2.20. The second-order valence-corrected chi connectivity index (χ2v) is 3.81. The fourth-order valence-corrected chi connectivity index (χ4v) is 1.53. The molecule has 0 heterocycles. The van der Waals surface area contributed by atoms with Gasteiger partial charge in [0.05, 0.1) is 7.11 Å². The van der Waals surface area contributed by atoms with Gasteiger partial charge in [0.15, 0.2) is 0 Å². The summed E-state index contributed by atoms with van der Waals surface area (Å²) < 4.78 is 23.6. The molecule has 3 nitrogen and oxygen atoms in total. The molecule has 0 radical (unpaired) electrons. The van der Waals surface area contributed by atoms with Gasteiger partial charge in [-0.05, 0) is 42.5 Å². The first kappa shape index (κ1) is 12.2. The van der Waals surface area contributed by atoms with Gasteiger partial charge in [0.1, 0.15) is 23.9 Å². The fourth-order valence-electron chi connectivity index (χ4n) is 1.53. The van der Waals surface area contributed by atoms with Crippen LogP contribution in [0.2, 0.25) is 0 Å². The minimum Gasteiger partial charge on any atom is -0.497 e. The quantitative estimate of drug-likeness (QED) is 0.845. The van der Waals surface area contributed by atoms with Crippen LogP contribution in [0.15, 0.2) is 42.5 Å². The van der Waals surface area contributed by atoms with Crippen LogP contribution in [0.4, 0.5) is 10.1 Å². The molecule has 18 heavy (non-hydrogen) atoms. The van der Waals surface area contributed by atoms with Crippen molar-refractivity contribution < 1.29 is 13.9 Å². The number of halogens is 1.